The van der Waals surface area contributed by atoms with Crippen molar-refractivity contribution in [2.24, 2.45) is 0 Å². The largest absolute Gasteiger partial charge is 0.350 e. The molecule has 0 saturated carbocycles. The summed E-state index contributed by atoms with van der Waals surface area (Å²) in [5.41, 5.74) is 1.32. The number of carbonyl (C=O) groups is 2. The van der Waals surface area contributed by atoms with Crippen molar-refractivity contribution in [1.29, 1.82) is 0 Å². The summed E-state index contributed by atoms with van der Waals surface area (Å²) in [7, 11) is 0. The van der Waals surface area contributed by atoms with Crippen LogP contribution in [0, 0.1) is 5.82 Å². The highest BCUT2D eigenvalue weighted by Gasteiger charge is 2.30. The van der Waals surface area contributed by atoms with E-state index in [0.29, 0.717) is 17.2 Å². The van der Waals surface area contributed by atoms with Gasteiger partial charge < -0.3 is 10.2 Å². The van der Waals surface area contributed by atoms with Gasteiger partial charge in [-0.1, -0.05) is 48.9 Å². The molecule has 0 fully saturated rings. The van der Waals surface area contributed by atoms with E-state index in [-0.39, 0.29) is 29.9 Å². The molecule has 2 aromatic carbocycles. The molecule has 1 N–H and O–H groups in total. The predicted octanol–water partition coefficient (Wildman–Crippen LogP) is 5.43. The Balaban J connectivity index is 2.16. The summed E-state index contributed by atoms with van der Waals surface area (Å²) in [5.74, 6) is 0.139. The van der Waals surface area contributed by atoms with Crippen molar-refractivity contribution in [2.45, 2.75) is 58.0 Å². The van der Waals surface area contributed by atoms with Gasteiger partial charge in [-0.3, -0.25) is 9.59 Å². The Morgan fingerprint density at radius 2 is 1.77 bits per heavy atom. The number of carbonyl (C=O) groups excluding carboxylic acids is 2. The Labute approximate surface area is 193 Å². The number of thioether (sulfide) groups is 1. The number of amides is 2. The fraction of sp³-hybridized carbons (Fsp3) is 0.417. The Bertz CT molecular complexity index is 884. The van der Waals surface area contributed by atoms with Crippen LogP contribution in [-0.4, -0.2) is 34.0 Å². The molecule has 0 bridgehead atoms. The Hall–Kier alpha value is -2.05. The molecule has 0 saturated heterocycles. The molecule has 7 heteroatoms. The molecule has 2 amide bonds. The van der Waals surface area contributed by atoms with Gasteiger partial charge in [-0.25, -0.2) is 4.39 Å². The first kappa shape index (κ1) is 25.2. The lowest BCUT2D eigenvalue weighted by atomic mass is 10.1. The highest BCUT2D eigenvalue weighted by molar-refractivity contribution is 7.99. The third kappa shape index (κ3) is 8.19. The summed E-state index contributed by atoms with van der Waals surface area (Å²) in [4.78, 5) is 27.7. The molecule has 0 spiro atoms. The molecule has 0 aromatic heterocycles. The molecule has 4 nitrogen and oxygen atoms in total. The van der Waals surface area contributed by atoms with Gasteiger partial charge in [0.05, 0.1) is 5.75 Å². The van der Waals surface area contributed by atoms with Crippen LogP contribution in [0.25, 0.3) is 0 Å². The van der Waals surface area contributed by atoms with E-state index in [2.05, 4.69) is 5.32 Å². The zero-order chi connectivity index (χ0) is 23.0. The van der Waals surface area contributed by atoms with Crippen molar-refractivity contribution in [3.05, 3.63) is 70.5 Å². The van der Waals surface area contributed by atoms with E-state index in [1.54, 1.807) is 17.0 Å². The van der Waals surface area contributed by atoms with Crippen LogP contribution < -0.4 is 5.32 Å². The summed E-state index contributed by atoms with van der Waals surface area (Å²) in [5, 5.41) is 3.64. The number of rotatable bonds is 9. The van der Waals surface area contributed by atoms with E-state index in [1.165, 1.54) is 23.9 Å². The fourth-order valence-electron chi connectivity index (χ4n) is 3.11. The topological polar surface area (TPSA) is 49.4 Å². The van der Waals surface area contributed by atoms with E-state index in [9.17, 15) is 14.0 Å². The first-order valence-corrected chi connectivity index (χ1v) is 11.8. The van der Waals surface area contributed by atoms with E-state index >= 15 is 0 Å². The number of nitrogens with zero attached hydrogens (tertiary/aromatic N) is 1. The minimum Gasteiger partial charge on any atom is -0.350 e. The number of hydrogen-bond donors (Lipinski definition) is 1. The minimum atomic E-state index is -0.613. The van der Waals surface area contributed by atoms with E-state index < -0.39 is 11.6 Å². The van der Waals surface area contributed by atoms with Crippen molar-refractivity contribution in [3.8, 4) is 0 Å². The average Bonchev–Trinajstić information content (AvgIpc) is 2.69. The van der Waals surface area contributed by atoms with E-state index in [0.717, 1.165) is 11.1 Å². The van der Waals surface area contributed by atoms with Gasteiger partial charge in [0, 0.05) is 22.9 Å². The Kier molecular flexibility index (Phi) is 9.38. The summed E-state index contributed by atoms with van der Waals surface area (Å²) >= 11 is 7.66. The molecule has 0 unspecified atom stereocenters. The lowest BCUT2D eigenvalue weighted by Gasteiger charge is -2.33. The van der Waals surface area contributed by atoms with Gasteiger partial charge in [0.25, 0.3) is 0 Å². The molecular weight excluding hydrogens is 435 g/mol. The molecular formula is C24H30ClFN2O2S. The second-order valence-corrected chi connectivity index (χ2v) is 9.79. The molecule has 0 heterocycles. The molecule has 0 aliphatic carbocycles. The summed E-state index contributed by atoms with van der Waals surface area (Å²) < 4.78 is 13.3. The predicted molar refractivity (Wildman–Crippen MR) is 127 cm³/mol. The van der Waals surface area contributed by atoms with Crippen molar-refractivity contribution in [3.63, 3.8) is 0 Å². The maximum atomic E-state index is 13.3. The zero-order valence-electron chi connectivity index (χ0n) is 18.5. The standard InChI is InChI=1S/C24H30ClFN2O2S/c1-5-21(23(30)27-24(2,3)4)28(14-17-10-12-19(26)13-11-17)22(29)16-31-15-18-8-6-7-9-20(18)25/h6-13,21H,5,14-16H2,1-4H3,(H,27,30)/t21-/m1/s1. The van der Waals surface area contributed by atoms with Crippen LogP contribution in [0.5, 0.6) is 0 Å². The van der Waals surface area contributed by atoms with Gasteiger partial charge in [-0.2, -0.15) is 0 Å². The van der Waals surface area contributed by atoms with Crippen LogP contribution in [0.3, 0.4) is 0 Å². The van der Waals surface area contributed by atoms with Gasteiger partial charge >= 0.3 is 0 Å². The quantitative estimate of drug-likeness (QED) is 0.538. The van der Waals surface area contributed by atoms with Crippen molar-refractivity contribution in [2.75, 3.05) is 5.75 Å². The normalized spacial score (nSPS) is 12.3. The third-order valence-electron chi connectivity index (χ3n) is 4.59. The Morgan fingerprint density at radius 3 is 2.35 bits per heavy atom. The van der Waals surface area contributed by atoms with Crippen molar-refractivity contribution < 1.29 is 14.0 Å². The van der Waals surface area contributed by atoms with Crippen LogP contribution in [0.1, 0.15) is 45.2 Å². The maximum Gasteiger partial charge on any atom is 0.243 e. The first-order chi connectivity index (χ1) is 14.6. The molecule has 2 aromatic rings. The minimum absolute atomic E-state index is 0.141. The average molecular weight is 465 g/mol. The number of hydrogen-bond acceptors (Lipinski definition) is 3. The molecule has 2 rings (SSSR count). The van der Waals surface area contributed by atoms with Gasteiger partial charge in [0.15, 0.2) is 0 Å². The summed E-state index contributed by atoms with van der Waals surface area (Å²) in [6, 6.07) is 12.9. The Morgan fingerprint density at radius 1 is 1.13 bits per heavy atom. The van der Waals surface area contributed by atoms with Crippen LogP contribution in [-0.2, 0) is 21.9 Å². The lowest BCUT2D eigenvalue weighted by molar-refractivity contribution is -0.140. The van der Waals surface area contributed by atoms with Gasteiger partial charge in [0.1, 0.15) is 11.9 Å². The molecule has 31 heavy (non-hydrogen) atoms. The molecule has 0 aliphatic rings. The fourth-order valence-corrected chi connectivity index (χ4v) is 4.30. The summed E-state index contributed by atoms with van der Waals surface area (Å²) in [6.45, 7) is 7.84. The molecule has 0 aliphatic heterocycles. The van der Waals surface area contributed by atoms with Crippen LogP contribution in [0.15, 0.2) is 48.5 Å². The third-order valence-corrected chi connectivity index (χ3v) is 5.93. The summed E-state index contributed by atoms with van der Waals surface area (Å²) in [6.07, 6.45) is 0.476. The van der Waals surface area contributed by atoms with E-state index in [4.69, 9.17) is 11.6 Å². The van der Waals surface area contributed by atoms with Gasteiger partial charge in [-0.05, 0) is 56.5 Å². The SMILES string of the molecule is CC[C@H](C(=O)NC(C)(C)C)N(Cc1ccc(F)cc1)C(=O)CSCc1ccccc1Cl. The highest BCUT2D eigenvalue weighted by Crippen LogP contribution is 2.22. The zero-order valence-corrected chi connectivity index (χ0v) is 20.0. The molecule has 0 radical (unpaired) electrons. The first-order valence-electron chi connectivity index (χ1n) is 10.3. The van der Waals surface area contributed by atoms with E-state index in [1.807, 2.05) is 52.0 Å². The molecule has 1 atom stereocenters. The van der Waals surface area contributed by atoms with Crippen LogP contribution in [0.2, 0.25) is 5.02 Å². The number of nitrogens with one attached hydrogen (secondary N) is 1. The molecule has 168 valence electrons. The van der Waals surface area contributed by atoms with Crippen LogP contribution in [0.4, 0.5) is 4.39 Å². The number of halogens is 2. The van der Waals surface area contributed by atoms with Gasteiger partial charge in [0.2, 0.25) is 11.8 Å². The second-order valence-electron chi connectivity index (χ2n) is 8.40. The van der Waals surface area contributed by atoms with Crippen molar-refractivity contribution in [1.82, 2.24) is 10.2 Å². The second kappa shape index (κ2) is 11.5. The van der Waals surface area contributed by atoms with Gasteiger partial charge in [-0.15, -0.1) is 11.8 Å². The maximum absolute atomic E-state index is 13.3. The smallest absolute Gasteiger partial charge is 0.243 e. The highest BCUT2D eigenvalue weighted by atomic mass is 35.5. The van der Waals surface area contributed by atoms with Crippen molar-refractivity contribution >= 4 is 35.2 Å². The number of benzene rings is 2. The van der Waals surface area contributed by atoms with Crippen LogP contribution >= 0.6 is 23.4 Å². The monoisotopic (exact) mass is 464 g/mol. The lowest BCUT2D eigenvalue weighted by Crippen LogP contribution is -2.53.